The third-order valence-corrected chi connectivity index (χ3v) is 2.50. The molecule has 0 bridgehead atoms. The second-order valence-electron chi connectivity index (χ2n) is 4.37. The number of hydrogen-bond donors (Lipinski definition) is 2. The second-order valence-corrected chi connectivity index (χ2v) is 4.37. The van der Waals surface area contributed by atoms with E-state index in [0.29, 0.717) is 5.56 Å². The smallest absolute Gasteiger partial charge is 0.231 e. The summed E-state index contributed by atoms with van der Waals surface area (Å²) in [6, 6.07) is 7.04. The number of aryl methyl sites for hydroxylation is 1. The summed E-state index contributed by atoms with van der Waals surface area (Å²) < 4.78 is 0. The molecule has 6 heteroatoms. The summed E-state index contributed by atoms with van der Waals surface area (Å²) >= 11 is 0. The lowest BCUT2D eigenvalue weighted by Crippen LogP contribution is -2.42. The van der Waals surface area contributed by atoms with E-state index in [1.54, 1.807) is 12.1 Å². The largest absolute Gasteiger partial charge is 0.369 e. The zero-order valence-corrected chi connectivity index (χ0v) is 10.8. The summed E-state index contributed by atoms with van der Waals surface area (Å²) in [4.78, 5) is 35.1. The van der Waals surface area contributed by atoms with Crippen LogP contribution in [0.2, 0.25) is 0 Å². The third-order valence-electron chi connectivity index (χ3n) is 2.50. The molecule has 0 aliphatic carbocycles. The van der Waals surface area contributed by atoms with Crippen LogP contribution >= 0.6 is 0 Å². The monoisotopic (exact) mass is 263 g/mol. The van der Waals surface area contributed by atoms with Crippen LogP contribution in [-0.2, 0) is 9.59 Å². The van der Waals surface area contributed by atoms with E-state index in [0.717, 1.165) is 5.56 Å². The fourth-order valence-electron chi connectivity index (χ4n) is 1.64. The van der Waals surface area contributed by atoms with Gasteiger partial charge in [0.15, 0.2) is 5.78 Å². The number of hydrogen-bond acceptors (Lipinski definition) is 4. The molecule has 0 fully saturated rings. The number of ketones is 1. The van der Waals surface area contributed by atoms with Crippen LogP contribution in [0.25, 0.3) is 0 Å². The Balaban J connectivity index is 2.72. The first kappa shape index (κ1) is 14.8. The number of Topliss-reactive ketones (excluding diaryl/α,β-unsaturated/α-hetero) is 1. The molecule has 0 saturated carbocycles. The van der Waals surface area contributed by atoms with Crippen LogP contribution in [-0.4, -0.2) is 42.1 Å². The van der Waals surface area contributed by atoms with E-state index in [1.807, 2.05) is 19.1 Å². The molecule has 0 unspecified atom stereocenters. The van der Waals surface area contributed by atoms with Gasteiger partial charge in [-0.3, -0.25) is 19.3 Å². The molecule has 0 aromatic heterocycles. The van der Waals surface area contributed by atoms with Crippen molar-refractivity contribution in [1.29, 1.82) is 0 Å². The molecule has 4 N–H and O–H groups in total. The van der Waals surface area contributed by atoms with Gasteiger partial charge in [0.1, 0.15) is 0 Å². The van der Waals surface area contributed by atoms with Crippen molar-refractivity contribution in [2.24, 2.45) is 11.5 Å². The van der Waals surface area contributed by atoms with Crippen LogP contribution in [0.5, 0.6) is 0 Å². The number of amides is 2. The summed E-state index contributed by atoms with van der Waals surface area (Å²) in [7, 11) is 0. The molecule has 1 aromatic rings. The van der Waals surface area contributed by atoms with Gasteiger partial charge in [0, 0.05) is 5.56 Å². The van der Waals surface area contributed by atoms with Gasteiger partial charge in [-0.2, -0.15) is 0 Å². The van der Waals surface area contributed by atoms with E-state index in [4.69, 9.17) is 11.5 Å². The number of carbonyl (C=O) groups is 3. The van der Waals surface area contributed by atoms with Gasteiger partial charge >= 0.3 is 0 Å². The highest BCUT2D eigenvalue weighted by Gasteiger charge is 2.16. The van der Waals surface area contributed by atoms with Gasteiger partial charge < -0.3 is 11.5 Å². The van der Waals surface area contributed by atoms with Crippen molar-refractivity contribution in [2.45, 2.75) is 6.92 Å². The first-order chi connectivity index (χ1) is 8.88. The minimum atomic E-state index is -0.613. The zero-order valence-electron chi connectivity index (χ0n) is 10.8. The van der Waals surface area contributed by atoms with Gasteiger partial charge in [-0.25, -0.2) is 0 Å². The molecule has 6 nitrogen and oxygen atoms in total. The standard InChI is InChI=1S/C13H17N3O3/c1-9-2-4-10(5-3-9)11(17)6-16(7-12(14)18)8-13(15)19/h2-5H,6-8H2,1H3,(H2,14,18)(H2,15,19). The number of carbonyl (C=O) groups excluding carboxylic acids is 3. The molecular formula is C13H17N3O3. The first-order valence-electron chi connectivity index (χ1n) is 5.77. The molecule has 0 spiro atoms. The Labute approximate surface area is 111 Å². The van der Waals surface area contributed by atoms with Gasteiger partial charge in [-0.1, -0.05) is 29.8 Å². The number of benzene rings is 1. The fraction of sp³-hybridized carbons (Fsp3) is 0.308. The molecule has 0 atom stereocenters. The maximum Gasteiger partial charge on any atom is 0.231 e. The fourth-order valence-corrected chi connectivity index (χ4v) is 1.64. The lowest BCUT2D eigenvalue weighted by molar-refractivity contribution is -0.121. The summed E-state index contributed by atoms with van der Waals surface area (Å²) in [6.45, 7) is 1.48. The van der Waals surface area contributed by atoms with Crippen molar-refractivity contribution in [3.8, 4) is 0 Å². The van der Waals surface area contributed by atoms with Gasteiger partial charge in [0.05, 0.1) is 19.6 Å². The highest BCUT2D eigenvalue weighted by molar-refractivity contribution is 5.98. The average molecular weight is 263 g/mol. The Bertz CT molecular complexity index is 466. The Morgan fingerprint density at radius 1 is 0.947 bits per heavy atom. The number of nitrogens with two attached hydrogens (primary N) is 2. The van der Waals surface area contributed by atoms with Crippen molar-refractivity contribution in [3.63, 3.8) is 0 Å². The molecular weight excluding hydrogens is 246 g/mol. The van der Waals surface area contributed by atoms with E-state index in [9.17, 15) is 14.4 Å². The van der Waals surface area contributed by atoms with E-state index >= 15 is 0 Å². The van der Waals surface area contributed by atoms with E-state index in [1.165, 1.54) is 4.90 Å². The predicted molar refractivity (Wildman–Crippen MR) is 70.3 cm³/mol. The summed E-state index contributed by atoms with van der Waals surface area (Å²) in [5, 5.41) is 0. The average Bonchev–Trinajstić information content (AvgIpc) is 2.27. The van der Waals surface area contributed by atoms with E-state index in [-0.39, 0.29) is 25.4 Å². The Morgan fingerprint density at radius 3 is 1.84 bits per heavy atom. The highest BCUT2D eigenvalue weighted by atomic mass is 16.2. The molecule has 1 rings (SSSR count). The van der Waals surface area contributed by atoms with Crippen LogP contribution in [0.15, 0.2) is 24.3 Å². The van der Waals surface area contributed by atoms with Crippen LogP contribution in [0.4, 0.5) is 0 Å². The molecule has 19 heavy (non-hydrogen) atoms. The van der Waals surface area contributed by atoms with Crippen LogP contribution in [0.1, 0.15) is 15.9 Å². The van der Waals surface area contributed by atoms with Crippen molar-refractivity contribution >= 4 is 17.6 Å². The van der Waals surface area contributed by atoms with Crippen LogP contribution < -0.4 is 11.5 Å². The van der Waals surface area contributed by atoms with Crippen LogP contribution in [0.3, 0.4) is 0 Å². The Morgan fingerprint density at radius 2 is 1.42 bits per heavy atom. The lowest BCUT2D eigenvalue weighted by Gasteiger charge is -2.17. The van der Waals surface area contributed by atoms with Gasteiger partial charge in [-0.15, -0.1) is 0 Å². The predicted octanol–water partition coefficient (Wildman–Crippen LogP) is -0.550. The SMILES string of the molecule is Cc1ccc(C(=O)CN(CC(N)=O)CC(N)=O)cc1. The Kier molecular flexibility index (Phi) is 5.20. The molecule has 0 radical (unpaired) electrons. The van der Waals surface area contributed by atoms with Gasteiger partial charge in [0.2, 0.25) is 11.8 Å². The topological polar surface area (TPSA) is 106 Å². The quantitative estimate of drug-likeness (QED) is 0.644. The maximum atomic E-state index is 12.0. The van der Waals surface area contributed by atoms with Crippen molar-refractivity contribution in [3.05, 3.63) is 35.4 Å². The van der Waals surface area contributed by atoms with E-state index < -0.39 is 11.8 Å². The maximum absolute atomic E-state index is 12.0. The summed E-state index contributed by atoms with van der Waals surface area (Å²) in [5.41, 5.74) is 11.7. The van der Waals surface area contributed by atoms with Gasteiger partial charge in [-0.05, 0) is 6.92 Å². The summed E-state index contributed by atoms with van der Waals surface area (Å²) in [6.07, 6.45) is 0. The molecule has 102 valence electrons. The lowest BCUT2D eigenvalue weighted by atomic mass is 10.1. The molecule has 0 aliphatic heterocycles. The van der Waals surface area contributed by atoms with Crippen molar-refractivity contribution < 1.29 is 14.4 Å². The van der Waals surface area contributed by atoms with Crippen molar-refractivity contribution in [1.82, 2.24) is 4.90 Å². The highest BCUT2D eigenvalue weighted by Crippen LogP contribution is 2.05. The first-order valence-corrected chi connectivity index (χ1v) is 5.77. The third kappa shape index (κ3) is 5.31. The minimum Gasteiger partial charge on any atom is -0.369 e. The van der Waals surface area contributed by atoms with Crippen molar-refractivity contribution in [2.75, 3.05) is 19.6 Å². The normalized spacial score (nSPS) is 10.4. The molecule has 1 aromatic carbocycles. The van der Waals surface area contributed by atoms with Crippen LogP contribution in [0, 0.1) is 6.92 Å². The van der Waals surface area contributed by atoms with E-state index in [2.05, 4.69) is 0 Å². The Hall–Kier alpha value is -2.21. The molecule has 2 amide bonds. The minimum absolute atomic E-state index is 0.0745. The molecule has 0 aliphatic rings. The zero-order chi connectivity index (χ0) is 14.4. The number of primary amides is 2. The molecule has 0 heterocycles. The number of nitrogens with zero attached hydrogens (tertiary/aromatic N) is 1. The molecule has 0 saturated heterocycles. The summed E-state index contributed by atoms with van der Waals surface area (Å²) in [5.74, 6) is -1.42. The van der Waals surface area contributed by atoms with Gasteiger partial charge in [0.25, 0.3) is 0 Å². The number of rotatable bonds is 7. The second kappa shape index (κ2) is 6.65.